The number of halogens is 1. The number of nitrogens with zero attached hydrogens (tertiary/aromatic N) is 2. The summed E-state index contributed by atoms with van der Waals surface area (Å²) in [7, 11) is -2.54. The van der Waals surface area contributed by atoms with Crippen LogP contribution in [0.4, 0.5) is 5.69 Å². The molecule has 1 fully saturated rings. The molecule has 0 heterocycles. The van der Waals surface area contributed by atoms with E-state index >= 15 is 0 Å². The van der Waals surface area contributed by atoms with Crippen LogP contribution in [0.25, 0.3) is 0 Å². The Bertz CT molecular complexity index is 1440. The number of methoxy groups -OCH3 is 1. The van der Waals surface area contributed by atoms with Crippen molar-refractivity contribution in [3.8, 4) is 5.75 Å². The van der Waals surface area contributed by atoms with E-state index in [-0.39, 0.29) is 23.4 Å². The van der Waals surface area contributed by atoms with E-state index in [1.54, 1.807) is 55.6 Å². The molecule has 3 aromatic carbocycles. The number of hydrogen-bond acceptors (Lipinski definition) is 5. The molecule has 3 aromatic rings. The molecule has 0 radical (unpaired) electrons. The maximum Gasteiger partial charge on any atom is 0.264 e. The average molecular weight is 643 g/mol. The summed E-state index contributed by atoms with van der Waals surface area (Å²) >= 11 is 3.42. The highest BCUT2D eigenvalue weighted by atomic mass is 79.9. The van der Waals surface area contributed by atoms with Gasteiger partial charge in [-0.15, -0.1) is 0 Å². The van der Waals surface area contributed by atoms with E-state index in [4.69, 9.17) is 4.74 Å². The Balaban J connectivity index is 1.71. The number of carbonyl (C=O) groups excluding carboxylic acids is 2. The van der Waals surface area contributed by atoms with Crippen molar-refractivity contribution in [2.24, 2.45) is 0 Å². The molecule has 1 atom stereocenters. The van der Waals surface area contributed by atoms with Gasteiger partial charge in [-0.2, -0.15) is 0 Å². The third-order valence-electron chi connectivity index (χ3n) is 7.28. The zero-order chi connectivity index (χ0) is 29.4. The van der Waals surface area contributed by atoms with Crippen molar-refractivity contribution in [3.63, 3.8) is 0 Å². The van der Waals surface area contributed by atoms with Gasteiger partial charge in [-0.25, -0.2) is 8.42 Å². The summed E-state index contributed by atoms with van der Waals surface area (Å²) in [6.45, 7) is 1.49. The maximum atomic E-state index is 14.2. The van der Waals surface area contributed by atoms with Gasteiger partial charge in [0.15, 0.2) is 0 Å². The van der Waals surface area contributed by atoms with Crippen LogP contribution in [0.1, 0.15) is 44.6 Å². The summed E-state index contributed by atoms with van der Waals surface area (Å²) in [5.41, 5.74) is 1.10. The maximum absolute atomic E-state index is 14.2. The lowest BCUT2D eigenvalue weighted by Crippen LogP contribution is -2.53. The molecule has 41 heavy (non-hydrogen) atoms. The summed E-state index contributed by atoms with van der Waals surface area (Å²) in [4.78, 5) is 29.3. The van der Waals surface area contributed by atoms with E-state index in [1.165, 1.54) is 17.0 Å². The van der Waals surface area contributed by atoms with E-state index in [0.29, 0.717) is 22.3 Å². The molecule has 1 unspecified atom stereocenters. The van der Waals surface area contributed by atoms with Crippen LogP contribution in [0, 0.1) is 0 Å². The third kappa shape index (κ3) is 7.68. The summed E-state index contributed by atoms with van der Waals surface area (Å²) in [6, 6.07) is 21.4. The fourth-order valence-corrected chi connectivity index (χ4v) is 6.95. The molecule has 10 heteroatoms. The van der Waals surface area contributed by atoms with E-state index in [1.807, 2.05) is 25.1 Å². The lowest BCUT2D eigenvalue weighted by Gasteiger charge is -2.34. The van der Waals surface area contributed by atoms with Crippen LogP contribution in [0.5, 0.6) is 5.75 Å². The van der Waals surface area contributed by atoms with Gasteiger partial charge in [0.25, 0.3) is 10.0 Å². The number of ether oxygens (including phenoxy) is 1. The first-order valence-corrected chi connectivity index (χ1v) is 16.0. The number of carbonyl (C=O) groups is 2. The highest BCUT2D eigenvalue weighted by Crippen LogP contribution is 2.27. The zero-order valence-electron chi connectivity index (χ0n) is 23.3. The van der Waals surface area contributed by atoms with Crippen molar-refractivity contribution >= 4 is 43.5 Å². The minimum Gasteiger partial charge on any atom is -0.497 e. The van der Waals surface area contributed by atoms with Crippen LogP contribution < -0.4 is 14.4 Å². The largest absolute Gasteiger partial charge is 0.497 e. The molecule has 1 aliphatic carbocycles. The molecular weight excluding hydrogens is 606 g/mol. The van der Waals surface area contributed by atoms with Gasteiger partial charge in [-0.3, -0.25) is 13.9 Å². The highest BCUT2D eigenvalue weighted by molar-refractivity contribution is 9.10. The summed E-state index contributed by atoms with van der Waals surface area (Å²) in [5.74, 6) is -0.0861. The predicted molar refractivity (Wildman–Crippen MR) is 163 cm³/mol. The molecule has 1 aliphatic rings. The van der Waals surface area contributed by atoms with Crippen LogP contribution in [-0.2, 0) is 26.2 Å². The molecule has 1 saturated carbocycles. The zero-order valence-corrected chi connectivity index (χ0v) is 25.7. The Hall–Kier alpha value is -3.37. The van der Waals surface area contributed by atoms with Crippen LogP contribution in [0.3, 0.4) is 0 Å². The molecule has 2 amide bonds. The quantitative estimate of drug-likeness (QED) is 0.281. The lowest BCUT2D eigenvalue weighted by atomic mass is 10.1. The second-order valence-electron chi connectivity index (χ2n) is 10.1. The number of rotatable bonds is 12. The predicted octanol–water partition coefficient (Wildman–Crippen LogP) is 5.52. The summed E-state index contributed by atoms with van der Waals surface area (Å²) < 4.78 is 34.9. The van der Waals surface area contributed by atoms with Gasteiger partial charge >= 0.3 is 0 Å². The SMILES string of the molecule is CCC(C(=O)NC1CCCC1)N(Cc1cccc(OC)c1)C(=O)CN(c1cccc(Br)c1)S(=O)(=O)c1ccccc1. The van der Waals surface area contributed by atoms with E-state index in [9.17, 15) is 18.0 Å². The number of hydrogen-bond donors (Lipinski definition) is 1. The first-order chi connectivity index (χ1) is 19.7. The molecule has 1 N–H and O–H groups in total. The topological polar surface area (TPSA) is 96.0 Å². The van der Waals surface area contributed by atoms with Crippen LogP contribution in [-0.4, -0.2) is 50.9 Å². The molecular formula is C31H36BrN3O5S. The Morgan fingerprint density at radius 2 is 1.71 bits per heavy atom. The molecule has 0 aliphatic heterocycles. The van der Waals surface area contributed by atoms with Crippen molar-refractivity contribution < 1.29 is 22.7 Å². The second kappa shape index (κ2) is 14.0. The first kappa shape index (κ1) is 30.6. The monoisotopic (exact) mass is 641 g/mol. The van der Waals surface area contributed by atoms with Gasteiger partial charge in [0.2, 0.25) is 11.8 Å². The van der Waals surface area contributed by atoms with E-state index in [0.717, 1.165) is 35.6 Å². The van der Waals surface area contributed by atoms with Crippen LogP contribution in [0.2, 0.25) is 0 Å². The van der Waals surface area contributed by atoms with Crippen molar-refractivity contribution in [2.45, 2.75) is 62.6 Å². The van der Waals surface area contributed by atoms with Crippen molar-refractivity contribution in [1.82, 2.24) is 10.2 Å². The number of anilines is 1. The number of sulfonamides is 1. The molecule has 8 nitrogen and oxygen atoms in total. The Morgan fingerprint density at radius 1 is 1.00 bits per heavy atom. The molecule has 218 valence electrons. The average Bonchev–Trinajstić information content (AvgIpc) is 3.49. The van der Waals surface area contributed by atoms with Crippen molar-refractivity contribution in [2.75, 3.05) is 18.0 Å². The van der Waals surface area contributed by atoms with Gasteiger partial charge in [0.05, 0.1) is 17.7 Å². The fourth-order valence-electron chi connectivity index (χ4n) is 5.13. The molecule has 4 rings (SSSR count). The van der Waals surface area contributed by atoms with E-state index < -0.39 is 28.5 Å². The number of benzene rings is 3. The van der Waals surface area contributed by atoms with Gasteiger partial charge in [-0.1, -0.05) is 72.1 Å². The summed E-state index contributed by atoms with van der Waals surface area (Å²) in [5, 5.41) is 3.13. The normalized spacial score (nSPS) is 14.3. The molecule has 0 saturated heterocycles. The van der Waals surface area contributed by atoms with Gasteiger partial charge in [0, 0.05) is 17.1 Å². The lowest BCUT2D eigenvalue weighted by molar-refractivity contribution is -0.140. The first-order valence-electron chi connectivity index (χ1n) is 13.8. The minimum absolute atomic E-state index is 0.0677. The Morgan fingerprint density at radius 3 is 2.37 bits per heavy atom. The minimum atomic E-state index is -4.11. The molecule has 0 aromatic heterocycles. The van der Waals surface area contributed by atoms with Crippen molar-refractivity contribution in [3.05, 3.63) is 88.9 Å². The summed E-state index contributed by atoms with van der Waals surface area (Å²) in [6.07, 6.45) is 4.33. The van der Waals surface area contributed by atoms with Crippen LogP contribution in [0.15, 0.2) is 88.2 Å². The van der Waals surface area contributed by atoms with Crippen LogP contribution >= 0.6 is 15.9 Å². The Labute approximate surface area is 250 Å². The number of amides is 2. The van der Waals surface area contributed by atoms with Gasteiger partial charge < -0.3 is 15.0 Å². The Kier molecular flexibility index (Phi) is 10.4. The van der Waals surface area contributed by atoms with Crippen molar-refractivity contribution in [1.29, 1.82) is 0 Å². The van der Waals surface area contributed by atoms with Gasteiger partial charge in [0.1, 0.15) is 18.3 Å². The fraction of sp³-hybridized carbons (Fsp3) is 0.355. The van der Waals surface area contributed by atoms with E-state index in [2.05, 4.69) is 21.2 Å². The molecule has 0 spiro atoms. The highest BCUT2D eigenvalue weighted by Gasteiger charge is 2.34. The van der Waals surface area contributed by atoms with Gasteiger partial charge in [-0.05, 0) is 67.3 Å². The molecule has 0 bridgehead atoms. The second-order valence-corrected chi connectivity index (χ2v) is 12.9. The smallest absolute Gasteiger partial charge is 0.264 e. The third-order valence-corrected chi connectivity index (χ3v) is 9.56. The number of nitrogens with one attached hydrogen (secondary N) is 1. The standard InChI is InChI=1S/C31H36BrN3O5S/c1-3-29(31(37)33-25-13-7-8-14-25)34(21-23-11-9-16-27(19-23)40-2)30(36)22-35(26-15-10-12-24(32)20-26)41(38,39)28-17-5-4-6-18-28/h4-6,9-12,15-20,25,29H,3,7-8,13-14,21-22H2,1-2H3,(H,33,37).